The molecule has 2 aliphatic rings. The number of hydrogen-bond acceptors (Lipinski definition) is 13. The van der Waals surface area contributed by atoms with Crippen molar-refractivity contribution in [1.82, 2.24) is 29.2 Å². The number of carbonyl (C=O) groups is 5. The number of nitrogens with two attached hydrogens (primary N) is 1. The molecule has 2 saturated heterocycles. The maximum atomic E-state index is 12.8. The van der Waals surface area contributed by atoms with Crippen molar-refractivity contribution < 1.29 is 42.3 Å². The number of oxime groups is 1. The predicted octanol–water partition coefficient (Wildman–Crippen LogP) is -1.28. The van der Waals surface area contributed by atoms with Crippen LogP contribution < -0.4 is 15.8 Å². The van der Waals surface area contributed by atoms with Gasteiger partial charge in [-0.1, -0.05) is 5.16 Å². The number of hydrazone groups is 1. The summed E-state index contributed by atoms with van der Waals surface area (Å²) < 4.78 is 27.1. The number of β-lactam (4-membered cyclic amide) rings is 1. The molecule has 20 heteroatoms. The Morgan fingerprint density at radius 1 is 1.26 bits per heavy atom. The number of hydrogen-bond donors (Lipinski definition) is 4. The number of carboxylic acids is 1. The van der Waals surface area contributed by atoms with Crippen LogP contribution in [0.15, 0.2) is 15.6 Å². The third-order valence-corrected chi connectivity index (χ3v) is 7.14. The van der Waals surface area contributed by atoms with Gasteiger partial charge in [0.2, 0.25) is 5.60 Å². The standard InChI is InChI=1S/C19H25N9O9S2/c1-9(2)23-27-5-6-28(18(27)34)39(35,36)25-17(33)26-7-10(14(26)30)21-13(29)12(11-8-38-16(20)22-11)24-37-19(3,4)15(31)32/h8,10H,5-7H2,1-4H3,(H2,20,22)(H,21,29)(H,25,33)(H,31,32)/t10-/m0/s1. The lowest BCUT2D eigenvalue weighted by Crippen LogP contribution is -2.68. The minimum atomic E-state index is -4.65. The van der Waals surface area contributed by atoms with Gasteiger partial charge in [0.05, 0.1) is 19.6 Å². The summed E-state index contributed by atoms with van der Waals surface area (Å²) in [4.78, 5) is 70.8. The summed E-state index contributed by atoms with van der Waals surface area (Å²) in [6, 6.07) is -3.57. The molecule has 6 amide bonds. The first-order chi connectivity index (χ1) is 18.0. The molecule has 3 rings (SSSR count). The zero-order valence-corrected chi connectivity index (χ0v) is 22.7. The number of anilines is 1. The Kier molecular flexibility index (Phi) is 8.10. The molecule has 3 heterocycles. The molecule has 0 radical (unpaired) electrons. The molecule has 2 aliphatic heterocycles. The van der Waals surface area contributed by atoms with Gasteiger partial charge in [-0.3, -0.25) is 14.5 Å². The van der Waals surface area contributed by atoms with Crippen LogP contribution in [0.5, 0.6) is 0 Å². The third kappa shape index (κ3) is 6.39. The second-order valence-corrected chi connectivity index (χ2v) is 11.3. The summed E-state index contributed by atoms with van der Waals surface area (Å²) in [5, 5.41) is 21.3. The molecule has 0 bridgehead atoms. The zero-order valence-electron chi connectivity index (χ0n) is 21.1. The number of likely N-dealkylation sites (tertiary alicyclic amines) is 1. The number of aromatic nitrogens is 1. The zero-order chi connectivity index (χ0) is 29.3. The lowest BCUT2D eigenvalue weighted by atomic mass is 10.1. The molecule has 0 unspecified atom stereocenters. The summed E-state index contributed by atoms with van der Waals surface area (Å²) in [6.45, 7) is 4.89. The van der Waals surface area contributed by atoms with Gasteiger partial charge in [-0.05, 0) is 27.7 Å². The van der Waals surface area contributed by atoms with Crippen LogP contribution in [-0.2, 0) is 29.4 Å². The first kappa shape index (κ1) is 29.2. The van der Waals surface area contributed by atoms with E-state index in [1.807, 2.05) is 0 Å². The number of thiazole rings is 1. The van der Waals surface area contributed by atoms with Crippen molar-refractivity contribution in [3.05, 3.63) is 11.1 Å². The second kappa shape index (κ2) is 10.8. The van der Waals surface area contributed by atoms with E-state index in [1.165, 1.54) is 19.2 Å². The van der Waals surface area contributed by atoms with E-state index in [1.54, 1.807) is 18.6 Å². The van der Waals surface area contributed by atoms with E-state index in [9.17, 15) is 37.5 Å². The molecule has 2 fully saturated rings. The highest BCUT2D eigenvalue weighted by Gasteiger charge is 2.45. The Bertz CT molecular complexity index is 1380. The van der Waals surface area contributed by atoms with E-state index in [-0.39, 0.29) is 23.9 Å². The van der Waals surface area contributed by atoms with Crippen molar-refractivity contribution in [2.75, 3.05) is 25.4 Å². The van der Waals surface area contributed by atoms with E-state index in [4.69, 9.17) is 10.6 Å². The van der Waals surface area contributed by atoms with Gasteiger partial charge in [0, 0.05) is 11.1 Å². The maximum absolute atomic E-state index is 12.8. The number of urea groups is 2. The molecule has 5 N–H and O–H groups in total. The number of aliphatic carboxylic acids is 1. The summed E-state index contributed by atoms with van der Waals surface area (Å²) in [6.07, 6.45) is 0. The molecule has 0 spiro atoms. The number of rotatable bonds is 9. The van der Waals surface area contributed by atoms with Crippen LogP contribution in [0.1, 0.15) is 33.4 Å². The lowest BCUT2D eigenvalue weighted by molar-refractivity contribution is -0.161. The van der Waals surface area contributed by atoms with E-state index in [0.717, 1.165) is 16.3 Å². The number of carboxylic acid groups (broad SMARTS) is 1. The smallest absolute Gasteiger partial charge is 0.355 e. The highest BCUT2D eigenvalue weighted by molar-refractivity contribution is 7.88. The minimum absolute atomic E-state index is 0.0300. The van der Waals surface area contributed by atoms with E-state index in [0.29, 0.717) is 14.9 Å². The number of nitrogen functional groups attached to an aromatic ring is 1. The van der Waals surface area contributed by atoms with Crippen molar-refractivity contribution in [1.29, 1.82) is 0 Å². The van der Waals surface area contributed by atoms with Crippen LogP contribution >= 0.6 is 11.3 Å². The largest absolute Gasteiger partial charge is 0.478 e. The van der Waals surface area contributed by atoms with Gasteiger partial charge in [0.1, 0.15) is 11.7 Å². The van der Waals surface area contributed by atoms with Gasteiger partial charge in [0.25, 0.3) is 11.8 Å². The first-order valence-electron chi connectivity index (χ1n) is 11.0. The Balaban J connectivity index is 1.65. The number of nitrogens with zero attached hydrogens (tertiary/aromatic N) is 6. The van der Waals surface area contributed by atoms with Crippen LogP contribution in [0, 0.1) is 0 Å². The topological polar surface area (TPSA) is 246 Å². The minimum Gasteiger partial charge on any atom is -0.478 e. The molecule has 1 aromatic heterocycles. The summed E-state index contributed by atoms with van der Waals surface area (Å²) >= 11 is 0.963. The van der Waals surface area contributed by atoms with Crippen molar-refractivity contribution >= 4 is 67.9 Å². The van der Waals surface area contributed by atoms with Gasteiger partial charge in [-0.2, -0.15) is 13.5 Å². The summed E-state index contributed by atoms with van der Waals surface area (Å²) in [5.74, 6) is -3.33. The van der Waals surface area contributed by atoms with Crippen LogP contribution in [0.2, 0.25) is 0 Å². The average molecular weight is 588 g/mol. The first-order valence-corrected chi connectivity index (χ1v) is 13.4. The summed E-state index contributed by atoms with van der Waals surface area (Å²) in [5.41, 5.74) is 3.74. The van der Waals surface area contributed by atoms with Crippen LogP contribution in [0.3, 0.4) is 0 Å². The van der Waals surface area contributed by atoms with Crippen LogP contribution in [-0.4, -0.2) is 105 Å². The van der Waals surface area contributed by atoms with Crippen molar-refractivity contribution in [2.45, 2.75) is 39.3 Å². The fraction of sp³-hybridized carbons (Fsp3) is 0.474. The monoisotopic (exact) mass is 587 g/mol. The Morgan fingerprint density at radius 2 is 1.92 bits per heavy atom. The third-order valence-electron chi connectivity index (χ3n) is 5.12. The van der Waals surface area contributed by atoms with Crippen LogP contribution in [0.25, 0.3) is 0 Å². The fourth-order valence-corrected chi connectivity index (χ4v) is 4.64. The predicted molar refractivity (Wildman–Crippen MR) is 135 cm³/mol. The number of carbonyl (C=O) groups excluding carboxylic acids is 4. The Morgan fingerprint density at radius 3 is 2.46 bits per heavy atom. The van der Waals surface area contributed by atoms with E-state index < -0.39 is 64.0 Å². The van der Waals surface area contributed by atoms with Gasteiger partial charge in [-0.25, -0.2) is 33.4 Å². The van der Waals surface area contributed by atoms with Gasteiger partial charge >= 0.3 is 28.2 Å². The normalized spacial score (nSPS) is 18.0. The van der Waals surface area contributed by atoms with E-state index in [2.05, 4.69) is 20.6 Å². The molecular weight excluding hydrogens is 562 g/mol. The Labute approximate surface area is 225 Å². The molecular formula is C19H25N9O9S2. The van der Waals surface area contributed by atoms with Gasteiger partial charge in [0.15, 0.2) is 10.8 Å². The fourth-order valence-electron chi connectivity index (χ4n) is 3.03. The van der Waals surface area contributed by atoms with Crippen molar-refractivity contribution in [3.63, 3.8) is 0 Å². The molecule has 39 heavy (non-hydrogen) atoms. The van der Waals surface area contributed by atoms with E-state index >= 15 is 0 Å². The molecule has 1 aromatic rings. The highest BCUT2D eigenvalue weighted by atomic mass is 32.2. The van der Waals surface area contributed by atoms with Gasteiger partial charge in [-0.15, -0.1) is 11.3 Å². The highest BCUT2D eigenvalue weighted by Crippen LogP contribution is 2.18. The SMILES string of the molecule is CC(C)=NN1CCN(S(=O)(=O)NC(=O)N2C[C@H](NC(=O)C(=NOC(C)(C)C(=O)O)c3csc(N)n3)C2=O)C1=O. The maximum Gasteiger partial charge on any atom is 0.355 e. The number of nitrogens with one attached hydrogen (secondary N) is 2. The quantitative estimate of drug-likeness (QED) is 0.150. The average Bonchev–Trinajstić information content (AvgIpc) is 3.41. The molecule has 0 aliphatic carbocycles. The van der Waals surface area contributed by atoms with Crippen molar-refractivity contribution in [3.8, 4) is 0 Å². The molecule has 212 valence electrons. The van der Waals surface area contributed by atoms with Crippen LogP contribution in [0.4, 0.5) is 14.7 Å². The summed E-state index contributed by atoms with van der Waals surface area (Å²) in [7, 11) is -4.65. The lowest BCUT2D eigenvalue weighted by Gasteiger charge is -2.36. The Hall–Kier alpha value is -4.33. The molecule has 0 saturated carbocycles. The molecule has 18 nitrogen and oxygen atoms in total. The van der Waals surface area contributed by atoms with Crippen molar-refractivity contribution in [2.24, 2.45) is 10.3 Å². The molecule has 1 atom stereocenters. The molecule has 0 aromatic carbocycles. The van der Waals surface area contributed by atoms with Gasteiger partial charge < -0.3 is 21.0 Å². The number of imide groups is 1. The number of amides is 6. The second-order valence-electron chi connectivity index (χ2n) is 8.83.